The molecule has 0 spiro atoms. The van der Waals surface area contributed by atoms with Gasteiger partial charge in [-0.3, -0.25) is 14.4 Å². The van der Waals surface area contributed by atoms with Crippen LogP contribution in [0.5, 0.6) is 0 Å². The minimum atomic E-state index is -0.674. The Kier molecular flexibility index (Phi) is 13.1. The van der Waals surface area contributed by atoms with E-state index >= 15 is 0 Å². The summed E-state index contributed by atoms with van der Waals surface area (Å²) in [6.07, 6.45) is 12.0. The van der Waals surface area contributed by atoms with Gasteiger partial charge in [0.05, 0.1) is 5.54 Å². The first-order valence-corrected chi connectivity index (χ1v) is 12.2. The van der Waals surface area contributed by atoms with Gasteiger partial charge < -0.3 is 21.3 Å². The topological polar surface area (TPSA) is 99.3 Å². The Morgan fingerprint density at radius 2 is 1.20 bits per heavy atom. The van der Waals surface area contributed by atoms with E-state index in [0.717, 1.165) is 19.4 Å². The van der Waals surface area contributed by atoms with Gasteiger partial charge in [0.1, 0.15) is 0 Å². The van der Waals surface area contributed by atoms with Crippen LogP contribution in [-0.2, 0) is 14.4 Å². The van der Waals surface area contributed by atoms with Gasteiger partial charge >= 0.3 is 0 Å². The van der Waals surface area contributed by atoms with E-state index in [1.54, 1.807) is 6.08 Å². The molecule has 35 heavy (non-hydrogen) atoms. The highest BCUT2D eigenvalue weighted by Crippen LogP contribution is 2.13. The summed E-state index contributed by atoms with van der Waals surface area (Å²) in [5.41, 5.74) is -1.53. The number of hydrogen-bond donors (Lipinski definition) is 4. The van der Waals surface area contributed by atoms with Crippen molar-refractivity contribution in [3.63, 3.8) is 0 Å². The van der Waals surface area contributed by atoms with E-state index in [4.69, 9.17) is 0 Å². The van der Waals surface area contributed by atoms with Crippen LogP contribution in [-0.4, -0.2) is 52.8 Å². The number of hydrogen-bond acceptors (Lipinski definition) is 5. The van der Waals surface area contributed by atoms with Crippen LogP contribution >= 0.6 is 0 Å². The zero-order chi connectivity index (χ0) is 27.3. The van der Waals surface area contributed by atoms with E-state index in [2.05, 4.69) is 48.3 Å². The van der Waals surface area contributed by atoms with Gasteiger partial charge in [0.25, 0.3) is 0 Å². The lowest BCUT2D eigenvalue weighted by Gasteiger charge is -2.30. The molecule has 0 heterocycles. The maximum atomic E-state index is 12.3. The molecule has 0 saturated heterocycles. The quantitative estimate of drug-likeness (QED) is 0.185. The van der Waals surface area contributed by atoms with Crippen molar-refractivity contribution >= 4 is 17.6 Å². The van der Waals surface area contributed by atoms with E-state index in [-0.39, 0.29) is 28.7 Å². The van der Waals surface area contributed by atoms with Crippen LogP contribution in [0.1, 0.15) is 74.7 Å². The smallest absolute Gasteiger partial charge is 0.244 e. The number of amides is 2. The van der Waals surface area contributed by atoms with Gasteiger partial charge in [-0.25, -0.2) is 0 Å². The summed E-state index contributed by atoms with van der Waals surface area (Å²) >= 11 is 0. The van der Waals surface area contributed by atoms with E-state index in [1.165, 1.54) is 18.2 Å². The fourth-order valence-electron chi connectivity index (χ4n) is 3.28. The Morgan fingerprint density at radius 3 is 1.71 bits per heavy atom. The molecule has 0 aliphatic heterocycles. The third-order valence-corrected chi connectivity index (χ3v) is 5.70. The fourth-order valence-corrected chi connectivity index (χ4v) is 3.28. The van der Waals surface area contributed by atoms with E-state index < -0.39 is 11.1 Å². The molecule has 0 bridgehead atoms. The summed E-state index contributed by atoms with van der Waals surface area (Å²) in [6.45, 7) is 24.1. The van der Waals surface area contributed by atoms with E-state index in [9.17, 15) is 14.4 Å². The zero-order valence-corrected chi connectivity index (χ0v) is 23.1. The van der Waals surface area contributed by atoms with Crippen molar-refractivity contribution in [2.75, 3.05) is 13.1 Å². The Labute approximate surface area is 213 Å². The highest BCUT2D eigenvalue weighted by molar-refractivity contribution is 5.96. The van der Waals surface area contributed by atoms with Crippen LogP contribution in [0.25, 0.3) is 0 Å². The van der Waals surface area contributed by atoms with Crippen molar-refractivity contribution < 1.29 is 14.4 Å². The van der Waals surface area contributed by atoms with Crippen LogP contribution in [0.15, 0.2) is 49.6 Å². The largest absolute Gasteiger partial charge is 0.348 e. The average Bonchev–Trinajstić information content (AvgIpc) is 2.71. The van der Waals surface area contributed by atoms with Crippen molar-refractivity contribution in [2.24, 2.45) is 0 Å². The first kappa shape index (κ1) is 32.5. The lowest BCUT2D eigenvalue weighted by molar-refractivity contribution is -0.120. The van der Waals surface area contributed by atoms with Crippen LogP contribution < -0.4 is 21.3 Å². The molecule has 0 rings (SSSR count). The Morgan fingerprint density at radius 1 is 0.686 bits per heavy atom. The Hall–Kier alpha value is -2.51. The first-order chi connectivity index (χ1) is 16.0. The van der Waals surface area contributed by atoms with Crippen LogP contribution in [0.2, 0.25) is 0 Å². The molecule has 0 aliphatic carbocycles. The molecular weight excluding hydrogens is 440 g/mol. The second-order valence-corrected chi connectivity index (χ2v) is 11.4. The van der Waals surface area contributed by atoms with E-state index in [0.29, 0.717) is 13.0 Å². The van der Waals surface area contributed by atoms with Crippen molar-refractivity contribution in [3.05, 3.63) is 49.6 Å². The standard InChI is InChI=1S/C28H48N4O3/c1-11-22(33)28(9,10)30-21-19-27(7,8)32-24(35)16-14-13-15-17-25(3,4)29-20-18-26(5,6)31-23(34)12-2/h11-16,29-30H,1-2,17-21H2,3-10H3,(H,31,34)(H,32,35). The highest BCUT2D eigenvalue weighted by Gasteiger charge is 2.26. The molecule has 0 saturated carbocycles. The SMILES string of the molecule is C=CC(=O)NC(C)(C)CCNC(C)(C)CC=CC=CC(=O)NC(C)(C)CCNC(C)(C)C(=O)C=C. The zero-order valence-electron chi connectivity index (χ0n) is 23.1. The maximum absolute atomic E-state index is 12.3. The third-order valence-electron chi connectivity index (χ3n) is 5.70. The average molecular weight is 489 g/mol. The second kappa shape index (κ2) is 14.1. The number of allylic oxidation sites excluding steroid dienone is 2. The van der Waals surface area contributed by atoms with Gasteiger partial charge in [-0.2, -0.15) is 0 Å². The Bertz CT molecular complexity index is 805. The van der Waals surface area contributed by atoms with Crippen LogP contribution in [0.4, 0.5) is 0 Å². The lowest BCUT2D eigenvalue weighted by atomic mass is 9.96. The van der Waals surface area contributed by atoms with Crippen LogP contribution in [0.3, 0.4) is 0 Å². The number of ketones is 1. The molecule has 0 radical (unpaired) electrons. The van der Waals surface area contributed by atoms with Gasteiger partial charge in [0.15, 0.2) is 5.78 Å². The van der Waals surface area contributed by atoms with Gasteiger partial charge in [0, 0.05) is 22.7 Å². The maximum Gasteiger partial charge on any atom is 0.244 e. The predicted octanol–water partition coefficient (Wildman–Crippen LogP) is 3.74. The van der Waals surface area contributed by atoms with Crippen molar-refractivity contribution in [3.8, 4) is 0 Å². The summed E-state index contributed by atoms with van der Waals surface area (Å²) in [5, 5.41) is 12.7. The normalized spacial score (nSPS) is 13.1. The van der Waals surface area contributed by atoms with Gasteiger partial charge in [0.2, 0.25) is 11.8 Å². The molecule has 0 aromatic rings. The molecule has 0 unspecified atom stereocenters. The Balaban J connectivity index is 4.46. The number of carbonyl (C=O) groups is 3. The predicted molar refractivity (Wildman–Crippen MR) is 146 cm³/mol. The van der Waals surface area contributed by atoms with Crippen LogP contribution in [0, 0.1) is 0 Å². The molecule has 198 valence electrons. The van der Waals surface area contributed by atoms with Crippen molar-refractivity contribution in [1.82, 2.24) is 21.3 Å². The lowest BCUT2D eigenvalue weighted by Crippen LogP contribution is -2.50. The summed E-state index contributed by atoms with van der Waals surface area (Å²) in [6, 6.07) is 0. The molecule has 0 aromatic heterocycles. The number of carbonyl (C=O) groups excluding carboxylic acids is 3. The van der Waals surface area contributed by atoms with Gasteiger partial charge in [-0.05, 0) is 99.9 Å². The first-order valence-electron chi connectivity index (χ1n) is 12.2. The summed E-state index contributed by atoms with van der Waals surface area (Å²) in [5.74, 6) is -0.396. The molecule has 2 amide bonds. The van der Waals surface area contributed by atoms with Gasteiger partial charge in [-0.1, -0.05) is 31.4 Å². The second-order valence-electron chi connectivity index (χ2n) is 11.4. The number of nitrogens with one attached hydrogen (secondary N) is 4. The summed E-state index contributed by atoms with van der Waals surface area (Å²) in [4.78, 5) is 35.7. The highest BCUT2D eigenvalue weighted by atomic mass is 16.2. The molecule has 0 aliphatic rings. The molecule has 0 aromatic carbocycles. The van der Waals surface area contributed by atoms with Crippen molar-refractivity contribution in [2.45, 2.75) is 96.8 Å². The summed E-state index contributed by atoms with van der Waals surface area (Å²) in [7, 11) is 0. The number of rotatable bonds is 17. The minimum Gasteiger partial charge on any atom is -0.348 e. The molecule has 0 fully saturated rings. The monoisotopic (exact) mass is 488 g/mol. The minimum absolute atomic E-state index is 0.0618. The van der Waals surface area contributed by atoms with Gasteiger partial charge in [-0.15, -0.1) is 0 Å². The fraction of sp³-hybridized carbons (Fsp3) is 0.607. The third kappa shape index (κ3) is 15.2. The van der Waals surface area contributed by atoms with E-state index in [1.807, 2.05) is 53.7 Å². The molecule has 4 N–H and O–H groups in total. The molecule has 7 heteroatoms. The summed E-state index contributed by atoms with van der Waals surface area (Å²) < 4.78 is 0. The molecule has 7 nitrogen and oxygen atoms in total. The molecular formula is C28H48N4O3. The molecule has 0 atom stereocenters. The van der Waals surface area contributed by atoms with Crippen molar-refractivity contribution in [1.29, 1.82) is 0 Å².